The molecule has 0 saturated carbocycles. The summed E-state index contributed by atoms with van der Waals surface area (Å²) in [6, 6.07) is 11.8. The molecule has 0 radical (unpaired) electrons. The van der Waals surface area contributed by atoms with Crippen molar-refractivity contribution in [3.8, 4) is 0 Å². The molecule has 10 nitrogen and oxygen atoms in total. The first-order valence-electron chi connectivity index (χ1n) is 11.2. The first-order chi connectivity index (χ1) is 16.6. The lowest BCUT2D eigenvalue weighted by atomic mass is 10.0. The van der Waals surface area contributed by atoms with Crippen LogP contribution < -0.4 is 21.9 Å². The van der Waals surface area contributed by atoms with Crippen LogP contribution in [0.15, 0.2) is 64.2 Å². The van der Waals surface area contributed by atoms with Crippen LogP contribution in [-0.4, -0.2) is 44.5 Å². The standard InChI is InChI=1S/C25H28N4O6/c1-14(2)20(24(33)34)28-21(30)15(3)26-22(31)19(13-16-9-5-4-6-10-16)29-23(32)17-11-7-8-12-18(17)27-25(29)35/h4-12,14-15,19-20H,13H2,1-3H3,(H,26,31)(H,27,35)(H,28,30)(H,33,34)/t15-,19-,20+/m0/s1. The van der Waals surface area contributed by atoms with Crippen LogP contribution in [0.3, 0.4) is 0 Å². The number of para-hydroxylation sites is 1. The number of aromatic nitrogens is 2. The number of hydrogen-bond acceptors (Lipinski definition) is 5. The van der Waals surface area contributed by atoms with E-state index >= 15 is 0 Å². The number of fused-ring (bicyclic) bond motifs is 1. The van der Waals surface area contributed by atoms with Gasteiger partial charge in [0.05, 0.1) is 10.9 Å². The lowest BCUT2D eigenvalue weighted by molar-refractivity contribution is -0.143. The third-order valence-corrected chi connectivity index (χ3v) is 5.71. The van der Waals surface area contributed by atoms with Crippen molar-refractivity contribution >= 4 is 28.7 Å². The highest BCUT2D eigenvalue weighted by molar-refractivity contribution is 5.91. The first kappa shape index (κ1) is 25.4. The normalized spacial score (nSPS) is 13.7. The second-order valence-electron chi connectivity index (χ2n) is 8.66. The van der Waals surface area contributed by atoms with Crippen LogP contribution >= 0.6 is 0 Å². The van der Waals surface area contributed by atoms with Crippen molar-refractivity contribution in [1.29, 1.82) is 0 Å². The zero-order valence-electron chi connectivity index (χ0n) is 19.6. The monoisotopic (exact) mass is 480 g/mol. The number of hydrogen-bond donors (Lipinski definition) is 4. The number of amides is 2. The fraction of sp³-hybridized carbons (Fsp3) is 0.320. The average Bonchev–Trinajstić information content (AvgIpc) is 2.81. The predicted molar refractivity (Wildman–Crippen MR) is 130 cm³/mol. The molecule has 184 valence electrons. The molecule has 1 heterocycles. The Hall–Kier alpha value is -4.21. The second kappa shape index (κ2) is 10.8. The van der Waals surface area contributed by atoms with Crippen LogP contribution in [-0.2, 0) is 20.8 Å². The predicted octanol–water partition coefficient (Wildman–Crippen LogP) is 1.20. The molecule has 1 aromatic heterocycles. The fourth-order valence-electron chi connectivity index (χ4n) is 3.76. The van der Waals surface area contributed by atoms with Crippen LogP contribution in [0.5, 0.6) is 0 Å². The van der Waals surface area contributed by atoms with Gasteiger partial charge in [0.15, 0.2) is 0 Å². The summed E-state index contributed by atoms with van der Waals surface area (Å²) in [4.78, 5) is 66.1. The van der Waals surface area contributed by atoms with Gasteiger partial charge in [-0.3, -0.25) is 14.4 Å². The number of carbonyl (C=O) groups excluding carboxylic acids is 2. The van der Waals surface area contributed by atoms with E-state index in [0.29, 0.717) is 11.1 Å². The van der Waals surface area contributed by atoms with Crippen LogP contribution in [0.4, 0.5) is 0 Å². The van der Waals surface area contributed by atoms with Gasteiger partial charge in [-0.05, 0) is 30.5 Å². The Kier molecular flexibility index (Phi) is 7.85. The second-order valence-corrected chi connectivity index (χ2v) is 8.66. The lowest BCUT2D eigenvalue weighted by Crippen LogP contribution is -2.54. The summed E-state index contributed by atoms with van der Waals surface area (Å²) in [5, 5.41) is 14.5. The Labute approximate surface area is 201 Å². The Morgan fingerprint density at radius 2 is 1.54 bits per heavy atom. The summed E-state index contributed by atoms with van der Waals surface area (Å²) in [5.41, 5.74) is -0.343. The van der Waals surface area contributed by atoms with Crippen LogP contribution in [0.25, 0.3) is 10.9 Å². The average molecular weight is 481 g/mol. The fourth-order valence-corrected chi connectivity index (χ4v) is 3.76. The molecule has 3 atom stereocenters. The van der Waals surface area contributed by atoms with E-state index in [2.05, 4.69) is 15.6 Å². The van der Waals surface area contributed by atoms with Gasteiger partial charge in [-0.15, -0.1) is 0 Å². The molecule has 0 spiro atoms. The Balaban J connectivity index is 1.95. The number of rotatable bonds is 9. The van der Waals surface area contributed by atoms with Crippen molar-refractivity contribution < 1.29 is 19.5 Å². The van der Waals surface area contributed by atoms with Gasteiger partial charge < -0.3 is 20.7 Å². The smallest absolute Gasteiger partial charge is 0.329 e. The molecule has 0 aliphatic heterocycles. The number of aliphatic carboxylic acids is 1. The zero-order valence-corrected chi connectivity index (χ0v) is 19.6. The molecule has 2 aromatic carbocycles. The van der Waals surface area contributed by atoms with E-state index in [9.17, 15) is 29.1 Å². The lowest BCUT2D eigenvalue weighted by Gasteiger charge is -2.24. The number of benzene rings is 2. The molecule has 35 heavy (non-hydrogen) atoms. The van der Waals surface area contributed by atoms with Gasteiger partial charge in [0, 0.05) is 6.42 Å². The zero-order chi connectivity index (χ0) is 25.7. The molecule has 0 aliphatic rings. The molecule has 4 N–H and O–H groups in total. The summed E-state index contributed by atoms with van der Waals surface area (Å²) in [5.74, 6) is -2.99. The third kappa shape index (κ3) is 5.84. The van der Waals surface area contributed by atoms with Gasteiger partial charge in [-0.1, -0.05) is 56.3 Å². The third-order valence-electron chi connectivity index (χ3n) is 5.71. The molecule has 0 saturated heterocycles. The minimum absolute atomic E-state index is 0.0199. The summed E-state index contributed by atoms with van der Waals surface area (Å²) < 4.78 is 0.851. The number of nitrogens with zero attached hydrogens (tertiary/aromatic N) is 1. The minimum Gasteiger partial charge on any atom is -0.480 e. The van der Waals surface area contributed by atoms with Gasteiger partial charge in [0.25, 0.3) is 5.56 Å². The summed E-state index contributed by atoms with van der Waals surface area (Å²) >= 11 is 0. The van der Waals surface area contributed by atoms with Crippen LogP contribution in [0.1, 0.15) is 32.4 Å². The summed E-state index contributed by atoms with van der Waals surface area (Å²) in [7, 11) is 0. The topological polar surface area (TPSA) is 150 Å². The van der Waals surface area contributed by atoms with Crippen molar-refractivity contribution in [2.45, 2.75) is 45.3 Å². The molecule has 3 rings (SSSR count). The number of aromatic amines is 1. The molecule has 0 aliphatic carbocycles. The number of carboxylic acids is 1. The van der Waals surface area contributed by atoms with E-state index in [0.717, 1.165) is 4.57 Å². The summed E-state index contributed by atoms with van der Waals surface area (Å²) in [6.07, 6.45) is 0.0199. The molecular weight excluding hydrogens is 452 g/mol. The number of carboxylic acid groups (broad SMARTS) is 1. The van der Waals surface area contributed by atoms with E-state index in [1.54, 1.807) is 68.4 Å². The van der Waals surface area contributed by atoms with Crippen molar-refractivity contribution in [2.75, 3.05) is 0 Å². The molecule has 0 fully saturated rings. The molecule has 2 amide bonds. The van der Waals surface area contributed by atoms with E-state index in [1.165, 1.54) is 6.92 Å². The molecule has 3 aromatic rings. The summed E-state index contributed by atoms with van der Waals surface area (Å²) in [6.45, 7) is 4.70. The van der Waals surface area contributed by atoms with E-state index < -0.39 is 47.2 Å². The highest BCUT2D eigenvalue weighted by Gasteiger charge is 2.30. The number of nitrogens with one attached hydrogen (secondary N) is 3. The maximum absolute atomic E-state index is 13.3. The Bertz CT molecular complexity index is 1350. The Morgan fingerprint density at radius 1 is 0.914 bits per heavy atom. The van der Waals surface area contributed by atoms with Gasteiger partial charge >= 0.3 is 11.7 Å². The van der Waals surface area contributed by atoms with Crippen molar-refractivity contribution in [3.63, 3.8) is 0 Å². The SMILES string of the molecule is CC(C)[C@@H](NC(=O)[C@H](C)NC(=O)[C@H](Cc1ccccc1)n1c(=O)[nH]c2ccccc2c1=O)C(=O)O. The number of H-pyrrole nitrogens is 1. The highest BCUT2D eigenvalue weighted by atomic mass is 16.4. The maximum atomic E-state index is 13.3. The Morgan fingerprint density at radius 3 is 2.17 bits per heavy atom. The quantitative estimate of drug-likeness (QED) is 0.361. The molecule has 10 heteroatoms. The van der Waals surface area contributed by atoms with Gasteiger partial charge in [0.2, 0.25) is 11.8 Å². The first-order valence-corrected chi connectivity index (χ1v) is 11.2. The largest absolute Gasteiger partial charge is 0.480 e. The number of carbonyl (C=O) groups is 3. The molecular formula is C25H28N4O6. The van der Waals surface area contributed by atoms with E-state index in [1.807, 2.05) is 0 Å². The minimum atomic E-state index is -1.26. The van der Waals surface area contributed by atoms with Crippen molar-refractivity contribution in [1.82, 2.24) is 20.2 Å². The molecule has 0 bridgehead atoms. The highest BCUT2D eigenvalue weighted by Crippen LogP contribution is 2.14. The maximum Gasteiger partial charge on any atom is 0.329 e. The van der Waals surface area contributed by atoms with Gasteiger partial charge in [0.1, 0.15) is 18.1 Å². The van der Waals surface area contributed by atoms with E-state index in [-0.39, 0.29) is 17.7 Å². The van der Waals surface area contributed by atoms with Gasteiger partial charge in [-0.2, -0.15) is 0 Å². The van der Waals surface area contributed by atoms with Crippen LogP contribution in [0.2, 0.25) is 0 Å². The van der Waals surface area contributed by atoms with E-state index in [4.69, 9.17) is 0 Å². The van der Waals surface area contributed by atoms with Crippen molar-refractivity contribution in [3.05, 3.63) is 81.0 Å². The molecule has 0 unspecified atom stereocenters. The van der Waals surface area contributed by atoms with Crippen molar-refractivity contribution in [2.24, 2.45) is 5.92 Å². The van der Waals surface area contributed by atoms with Crippen LogP contribution in [0, 0.1) is 5.92 Å². The van der Waals surface area contributed by atoms with Gasteiger partial charge in [-0.25, -0.2) is 14.2 Å².